The minimum Gasteiger partial charge on any atom is -0.362 e. The Balaban J connectivity index is 1.86. The smallest absolute Gasteiger partial charge is 0.155 e. The highest BCUT2D eigenvalue weighted by molar-refractivity contribution is 7.17. The van der Waals surface area contributed by atoms with Crippen LogP contribution in [-0.4, -0.2) is 10.1 Å². The Morgan fingerprint density at radius 3 is 3.12 bits per heavy atom. The van der Waals surface area contributed by atoms with Crippen molar-refractivity contribution in [1.29, 1.82) is 0 Å². The molecule has 0 atom stereocenters. The van der Waals surface area contributed by atoms with Crippen LogP contribution in [0.15, 0.2) is 40.5 Å². The molecule has 0 saturated carbocycles. The van der Waals surface area contributed by atoms with E-state index in [0.717, 1.165) is 17.0 Å². The van der Waals surface area contributed by atoms with Crippen molar-refractivity contribution in [3.05, 3.63) is 41.7 Å². The molecule has 3 aromatic heterocycles. The number of nitrogens with one attached hydrogen (secondary N) is 1. The van der Waals surface area contributed by atoms with Crippen molar-refractivity contribution in [2.24, 2.45) is 0 Å². The number of hydrogen-bond donors (Lipinski definition) is 1. The number of pyridine rings is 1. The van der Waals surface area contributed by atoms with Gasteiger partial charge in [-0.1, -0.05) is 5.16 Å². The second kappa shape index (κ2) is 3.94. The van der Waals surface area contributed by atoms with Gasteiger partial charge >= 0.3 is 0 Å². The molecular weight excluding hydrogens is 222 g/mol. The average Bonchev–Trinajstić information content (AvgIpc) is 2.97. The van der Waals surface area contributed by atoms with Gasteiger partial charge in [0.15, 0.2) is 5.76 Å². The summed E-state index contributed by atoms with van der Waals surface area (Å²) in [5.41, 5.74) is 0. The van der Waals surface area contributed by atoms with Gasteiger partial charge in [-0.2, -0.15) is 0 Å². The molecule has 0 unspecified atom stereocenters. The van der Waals surface area contributed by atoms with Crippen LogP contribution in [0, 0.1) is 0 Å². The summed E-state index contributed by atoms with van der Waals surface area (Å²) in [6, 6.07) is 5.91. The highest BCUT2D eigenvalue weighted by Crippen LogP contribution is 2.25. The molecule has 0 fully saturated rings. The molecule has 0 radical (unpaired) electrons. The van der Waals surface area contributed by atoms with Crippen LogP contribution in [-0.2, 0) is 6.54 Å². The van der Waals surface area contributed by atoms with E-state index in [-0.39, 0.29) is 0 Å². The van der Waals surface area contributed by atoms with Crippen LogP contribution < -0.4 is 5.32 Å². The molecule has 80 valence electrons. The molecule has 0 amide bonds. The monoisotopic (exact) mass is 231 g/mol. The third-order valence-corrected chi connectivity index (χ3v) is 3.18. The third-order valence-electron chi connectivity index (χ3n) is 2.30. The number of fused-ring (bicyclic) bond motifs is 1. The van der Waals surface area contributed by atoms with Crippen LogP contribution in [0.4, 0.5) is 5.82 Å². The van der Waals surface area contributed by atoms with Crippen LogP contribution in [0.3, 0.4) is 0 Å². The van der Waals surface area contributed by atoms with Gasteiger partial charge in [0, 0.05) is 22.3 Å². The molecule has 3 rings (SSSR count). The van der Waals surface area contributed by atoms with Crippen molar-refractivity contribution in [2.75, 3.05) is 5.32 Å². The van der Waals surface area contributed by atoms with Gasteiger partial charge in [-0.15, -0.1) is 11.3 Å². The zero-order valence-electron chi connectivity index (χ0n) is 8.38. The van der Waals surface area contributed by atoms with Crippen LogP contribution in [0.25, 0.3) is 10.1 Å². The van der Waals surface area contributed by atoms with Gasteiger partial charge < -0.3 is 9.84 Å². The van der Waals surface area contributed by atoms with Crippen molar-refractivity contribution in [3.63, 3.8) is 0 Å². The van der Waals surface area contributed by atoms with E-state index in [9.17, 15) is 0 Å². The van der Waals surface area contributed by atoms with Gasteiger partial charge in [0.25, 0.3) is 0 Å². The molecular formula is C11H9N3OS. The minimum absolute atomic E-state index is 0.599. The Bertz CT molecular complexity index is 588. The van der Waals surface area contributed by atoms with Crippen molar-refractivity contribution >= 4 is 27.2 Å². The molecule has 16 heavy (non-hydrogen) atoms. The van der Waals surface area contributed by atoms with E-state index >= 15 is 0 Å². The third kappa shape index (κ3) is 1.65. The van der Waals surface area contributed by atoms with E-state index < -0.39 is 0 Å². The lowest BCUT2D eigenvalue weighted by Crippen LogP contribution is -2.00. The van der Waals surface area contributed by atoms with E-state index in [4.69, 9.17) is 4.52 Å². The Labute approximate surface area is 95.9 Å². The molecule has 5 heteroatoms. The topological polar surface area (TPSA) is 51.0 Å². The summed E-state index contributed by atoms with van der Waals surface area (Å²) < 4.78 is 6.24. The van der Waals surface area contributed by atoms with Gasteiger partial charge in [-0.3, -0.25) is 0 Å². The van der Waals surface area contributed by atoms with Crippen LogP contribution in [0.1, 0.15) is 5.76 Å². The SMILES string of the molecule is c1cc(CNc2nccc3sccc23)on1. The summed E-state index contributed by atoms with van der Waals surface area (Å²) in [7, 11) is 0. The lowest BCUT2D eigenvalue weighted by Gasteiger charge is -2.03. The Morgan fingerprint density at radius 2 is 2.25 bits per heavy atom. The minimum atomic E-state index is 0.599. The first-order valence-electron chi connectivity index (χ1n) is 4.89. The molecule has 0 saturated heterocycles. The maximum absolute atomic E-state index is 5.01. The van der Waals surface area contributed by atoms with Crippen LogP contribution in [0.2, 0.25) is 0 Å². The van der Waals surface area contributed by atoms with Gasteiger partial charge in [0.1, 0.15) is 5.82 Å². The number of nitrogens with zero attached hydrogens (tertiary/aromatic N) is 2. The molecule has 4 nitrogen and oxygen atoms in total. The maximum Gasteiger partial charge on any atom is 0.155 e. The number of hydrogen-bond acceptors (Lipinski definition) is 5. The summed E-state index contributed by atoms with van der Waals surface area (Å²) in [6.45, 7) is 0.599. The molecule has 0 aliphatic heterocycles. The Hall–Kier alpha value is -1.88. The molecule has 0 aliphatic carbocycles. The normalized spacial score (nSPS) is 10.8. The van der Waals surface area contributed by atoms with E-state index in [1.54, 1.807) is 17.5 Å². The fraction of sp³-hybridized carbons (Fsp3) is 0.0909. The predicted octanol–water partition coefficient (Wildman–Crippen LogP) is 2.90. The van der Waals surface area contributed by atoms with Crippen molar-refractivity contribution in [1.82, 2.24) is 10.1 Å². The average molecular weight is 231 g/mol. The fourth-order valence-electron chi connectivity index (χ4n) is 1.54. The zero-order chi connectivity index (χ0) is 10.8. The van der Waals surface area contributed by atoms with Gasteiger partial charge in [-0.25, -0.2) is 4.98 Å². The Morgan fingerprint density at radius 1 is 1.25 bits per heavy atom. The number of anilines is 1. The van der Waals surface area contributed by atoms with Gasteiger partial charge in [0.05, 0.1) is 12.7 Å². The molecule has 0 aliphatic rings. The first-order valence-corrected chi connectivity index (χ1v) is 5.77. The molecule has 0 spiro atoms. The van der Waals surface area contributed by atoms with Gasteiger partial charge in [0.2, 0.25) is 0 Å². The van der Waals surface area contributed by atoms with Crippen molar-refractivity contribution in [2.45, 2.75) is 6.54 Å². The van der Waals surface area contributed by atoms with Crippen LogP contribution in [0.5, 0.6) is 0 Å². The molecule has 0 aromatic carbocycles. The Kier molecular flexibility index (Phi) is 2.30. The summed E-state index contributed by atoms with van der Waals surface area (Å²) in [6.07, 6.45) is 3.44. The molecule has 1 N–H and O–H groups in total. The first kappa shape index (κ1) is 9.35. The van der Waals surface area contributed by atoms with Crippen molar-refractivity contribution in [3.8, 4) is 0 Å². The highest BCUT2D eigenvalue weighted by atomic mass is 32.1. The molecule has 3 aromatic rings. The number of thiophene rings is 1. The second-order valence-corrected chi connectivity index (χ2v) is 4.27. The summed E-state index contributed by atoms with van der Waals surface area (Å²) in [5.74, 6) is 1.68. The molecule has 0 bridgehead atoms. The van der Waals surface area contributed by atoms with Gasteiger partial charge in [-0.05, 0) is 17.5 Å². The van der Waals surface area contributed by atoms with E-state index in [2.05, 4.69) is 26.9 Å². The standard InChI is InChI=1S/C11H9N3OS/c1-5-14-15-8(1)7-13-11-9-3-6-16-10(9)2-4-12-11/h1-6H,7H2,(H,12,13). The second-order valence-electron chi connectivity index (χ2n) is 3.32. The summed E-state index contributed by atoms with van der Waals surface area (Å²) in [5, 5.41) is 10.1. The van der Waals surface area contributed by atoms with E-state index in [1.807, 2.05) is 18.3 Å². The zero-order valence-corrected chi connectivity index (χ0v) is 9.20. The van der Waals surface area contributed by atoms with Crippen LogP contribution >= 0.6 is 11.3 Å². The molecule has 3 heterocycles. The summed E-state index contributed by atoms with van der Waals surface area (Å²) in [4.78, 5) is 4.31. The fourth-order valence-corrected chi connectivity index (χ4v) is 2.32. The highest BCUT2D eigenvalue weighted by Gasteiger charge is 2.03. The predicted molar refractivity (Wildman–Crippen MR) is 63.4 cm³/mol. The first-order chi connectivity index (χ1) is 7.93. The van der Waals surface area contributed by atoms with Crippen molar-refractivity contribution < 1.29 is 4.52 Å². The summed E-state index contributed by atoms with van der Waals surface area (Å²) >= 11 is 1.71. The lowest BCUT2D eigenvalue weighted by atomic mass is 10.3. The lowest BCUT2D eigenvalue weighted by molar-refractivity contribution is 0.388. The largest absolute Gasteiger partial charge is 0.362 e. The quantitative estimate of drug-likeness (QED) is 0.753. The number of rotatable bonds is 3. The van der Waals surface area contributed by atoms with E-state index in [0.29, 0.717) is 6.54 Å². The van der Waals surface area contributed by atoms with E-state index in [1.165, 1.54) is 4.70 Å². The maximum atomic E-state index is 5.01. The number of aromatic nitrogens is 2.